The fourth-order valence-electron chi connectivity index (χ4n) is 1.64. The Hall–Kier alpha value is -1.51. The summed E-state index contributed by atoms with van der Waals surface area (Å²) in [7, 11) is 0. The van der Waals surface area contributed by atoms with E-state index in [4.69, 9.17) is 9.84 Å². The maximum atomic E-state index is 11.1. The predicted octanol–water partition coefficient (Wildman–Crippen LogP) is 3.53. The third-order valence-electron chi connectivity index (χ3n) is 2.82. The Bertz CT molecular complexity index is 453. The highest BCUT2D eigenvalue weighted by Crippen LogP contribution is 2.34. The van der Waals surface area contributed by atoms with Crippen LogP contribution < -0.4 is 4.74 Å². The van der Waals surface area contributed by atoms with E-state index in [1.807, 2.05) is 25.1 Å². The molecule has 1 rings (SSSR count). The molecule has 1 N–H and O–H groups in total. The van der Waals surface area contributed by atoms with Crippen molar-refractivity contribution in [3.8, 4) is 5.75 Å². The van der Waals surface area contributed by atoms with Crippen molar-refractivity contribution in [2.45, 2.75) is 52.6 Å². The van der Waals surface area contributed by atoms with Crippen molar-refractivity contribution in [2.75, 3.05) is 0 Å². The molecule has 0 aliphatic carbocycles. The lowest BCUT2D eigenvalue weighted by Crippen LogP contribution is -2.38. The molecule has 0 atom stereocenters. The predicted molar refractivity (Wildman–Crippen MR) is 72.2 cm³/mol. The summed E-state index contributed by atoms with van der Waals surface area (Å²) in [6.07, 6.45) is 0. The average molecular weight is 250 g/mol. The van der Waals surface area contributed by atoms with Gasteiger partial charge in [0.2, 0.25) is 0 Å². The van der Waals surface area contributed by atoms with Gasteiger partial charge in [-0.15, -0.1) is 0 Å². The summed E-state index contributed by atoms with van der Waals surface area (Å²) in [4.78, 5) is 11.1. The lowest BCUT2D eigenvalue weighted by Gasteiger charge is -2.28. The molecule has 0 aliphatic rings. The highest BCUT2D eigenvalue weighted by molar-refractivity contribution is 5.76. The number of ether oxygens (including phenoxy) is 1. The molecular weight excluding hydrogens is 228 g/mol. The molecule has 3 nitrogen and oxygen atoms in total. The maximum Gasteiger partial charge on any atom is 0.347 e. The van der Waals surface area contributed by atoms with Crippen LogP contribution in [0.5, 0.6) is 5.75 Å². The number of hydrogen-bond donors (Lipinski definition) is 1. The second-order valence-corrected chi connectivity index (χ2v) is 6.17. The largest absolute Gasteiger partial charge is 0.478 e. The van der Waals surface area contributed by atoms with Gasteiger partial charge in [0, 0.05) is 0 Å². The molecule has 0 radical (unpaired) electrons. The molecule has 0 aliphatic heterocycles. The van der Waals surface area contributed by atoms with E-state index < -0.39 is 11.6 Å². The standard InChI is InChI=1S/C15H22O3/c1-10-7-8-12(11(9-10)14(2,3)4)18-15(5,6)13(16)17/h7-9H,1-6H3,(H,16,17). The summed E-state index contributed by atoms with van der Waals surface area (Å²) in [6.45, 7) is 11.4. The van der Waals surface area contributed by atoms with Crippen molar-refractivity contribution in [1.82, 2.24) is 0 Å². The highest BCUT2D eigenvalue weighted by atomic mass is 16.5. The number of carboxylic acids is 1. The van der Waals surface area contributed by atoms with E-state index in [1.165, 1.54) is 0 Å². The van der Waals surface area contributed by atoms with Crippen molar-refractivity contribution < 1.29 is 14.6 Å². The first-order chi connectivity index (χ1) is 8.04. The molecule has 0 spiro atoms. The van der Waals surface area contributed by atoms with Gasteiger partial charge in [-0.3, -0.25) is 0 Å². The van der Waals surface area contributed by atoms with Crippen LogP contribution >= 0.6 is 0 Å². The first-order valence-electron chi connectivity index (χ1n) is 6.07. The van der Waals surface area contributed by atoms with Crippen molar-refractivity contribution >= 4 is 5.97 Å². The molecule has 0 amide bonds. The summed E-state index contributed by atoms with van der Waals surface area (Å²) < 4.78 is 5.68. The molecule has 0 heterocycles. The second kappa shape index (κ2) is 4.63. The third kappa shape index (κ3) is 3.25. The van der Waals surface area contributed by atoms with Crippen LogP contribution in [0.3, 0.4) is 0 Å². The summed E-state index contributed by atoms with van der Waals surface area (Å²) >= 11 is 0. The van der Waals surface area contributed by atoms with Crippen molar-refractivity contribution in [3.63, 3.8) is 0 Å². The lowest BCUT2D eigenvalue weighted by molar-refractivity contribution is -0.152. The summed E-state index contributed by atoms with van der Waals surface area (Å²) in [5.41, 5.74) is 0.850. The molecule has 0 saturated carbocycles. The SMILES string of the molecule is Cc1ccc(OC(C)(C)C(=O)O)c(C(C)(C)C)c1. The Morgan fingerprint density at radius 2 is 1.72 bits per heavy atom. The molecule has 0 fully saturated rings. The number of hydrogen-bond acceptors (Lipinski definition) is 2. The lowest BCUT2D eigenvalue weighted by atomic mass is 9.85. The minimum atomic E-state index is -1.23. The van der Waals surface area contributed by atoms with Crippen molar-refractivity contribution in [1.29, 1.82) is 0 Å². The van der Waals surface area contributed by atoms with E-state index in [0.29, 0.717) is 5.75 Å². The Morgan fingerprint density at radius 1 is 1.17 bits per heavy atom. The highest BCUT2D eigenvalue weighted by Gasteiger charge is 2.31. The monoisotopic (exact) mass is 250 g/mol. The van der Waals surface area contributed by atoms with Gasteiger partial charge < -0.3 is 9.84 Å². The number of carboxylic acid groups (broad SMARTS) is 1. The van der Waals surface area contributed by atoms with Crippen molar-refractivity contribution in [3.05, 3.63) is 29.3 Å². The number of benzene rings is 1. The van der Waals surface area contributed by atoms with Gasteiger partial charge in [0.1, 0.15) is 5.75 Å². The third-order valence-corrected chi connectivity index (χ3v) is 2.82. The zero-order valence-corrected chi connectivity index (χ0v) is 12.0. The number of aliphatic carboxylic acids is 1. The van der Waals surface area contributed by atoms with Gasteiger partial charge in [0.25, 0.3) is 0 Å². The summed E-state index contributed by atoms with van der Waals surface area (Å²) in [6, 6.07) is 5.83. The fraction of sp³-hybridized carbons (Fsp3) is 0.533. The minimum absolute atomic E-state index is 0.0874. The van der Waals surface area contributed by atoms with E-state index in [9.17, 15) is 4.79 Å². The minimum Gasteiger partial charge on any atom is -0.478 e. The average Bonchev–Trinajstić information content (AvgIpc) is 2.18. The number of rotatable bonds is 3. The smallest absolute Gasteiger partial charge is 0.347 e. The van der Waals surface area contributed by atoms with E-state index >= 15 is 0 Å². The second-order valence-electron chi connectivity index (χ2n) is 6.17. The van der Waals surface area contributed by atoms with Crippen LogP contribution in [0.2, 0.25) is 0 Å². The molecule has 100 valence electrons. The summed E-state index contributed by atoms with van der Waals surface area (Å²) in [5.74, 6) is -0.330. The Balaban J connectivity index is 3.22. The van der Waals surface area contributed by atoms with Crippen LogP contribution in [-0.4, -0.2) is 16.7 Å². The molecule has 0 bridgehead atoms. The Labute approximate surface area is 109 Å². The molecule has 0 unspecified atom stereocenters. The van der Waals surface area contributed by atoms with Gasteiger partial charge in [-0.1, -0.05) is 38.5 Å². The number of aryl methyl sites for hydroxylation is 1. The normalized spacial score (nSPS) is 12.3. The maximum absolute atomic E-state index is 11.1. The van der Waals surface area contributed by atoms with E-state index in [-0.39, 0.29) is 5.41 Å². The first kappa shape index (κ1) is 14.6. The van der Waals surface area contributed by atoms with Gasteiger partial charge in [0.15, 0.2) is 5.60 Å². The molecule has 1 aromatic rings. The van der Waals surface area contributed by atoms with Crippen LogP contribution in [0.4, 0.5) is 0 Å². The Kier molecular flexibility index (Phi) is 3.75. The quantitative estimate of drug-likeness (QED) is 0.892. The van der Waals surface area contributed by atoms with Crippen molar-refractivity contribution in [2.24, 2.45) is 0 Å². The van der Waals surface area contributed by atoms with Gasteiger partial charge in [-0.25, -0.2) is 4.79 Å². The molecule has 18 heavy (non-hydrogen) atoms. The van der Waals surface area contributed by atoms with Crippen LogP contribution in [0.25, 0.3) is 0 Å². The zero-order chi connectivity index (χ0) is 14.1. The molecule has 0 aromatic heterocycles. The fourth-order valence-corrected chi connectivity index (χ4v) is 1.64. The molecule has 3 heteroatoms. The van der Waals surface area contributed by atoms with Gasteiger partial charge in [-0.2, -0.15) is 0 Å². The zero-order valence-electron chi connectivity index (χ0n) is 12.0. The topological polar surface area (TPSA) is 46.5 Å². The van der Waals surface area contributed by atoms with Crippen LogP contribution in [0.15, 0.2) is 18.2 Å². The van der Waals surface area contributed by atoms with Crippen LogP contribution in [-0.2, 0) is 10.2 Å². The van der Waals surface area contributed by atoms with Gasteiger partial charge in [-0.05, 0) is 37.8 Å². The van der Waals surface area contributed by atoms with E-state index in [2.05, 4.69) is 20.8 Å². The Morgan fingerprint density at radius 3 is 2.17 bits per heavy atom. The first-order valence-corrected chi connectivity index (χ1v) is 6.07. The van der Waals surface area contributed by atoms with Crippen LogP contribution in [0.1, 0.15) is 45.7 Å². The molecule has 0 saturated heterocycles. The molecule has 1 aromatic carbocycles. The van der Waals surface area contributed by atoms with Gasteiger partial charge >= 0.3 is 5.97 Å². The molecular formula is C15H22O3. The van der Waals surface area contributed by atoms with E-state index in [1.54, 1.807) is 13.8 Å². The van der Waals surface area contributed by atoms with E-state index in [0.717, 1.165) is 11.1 Å². The van der Waals surface area contributed by atoms with Crippen LogP contribution in [0, 0.1) is 6.92 Å². The van der Waals surface area contributed by atoms with Gasteiger partial charge in [0.05, 0.1) is 0 Å². The number of carbonyl (C=O) groups is 1. The summed E-state index contributed by atoms with van der Waals surface area (Å²) in [5, 5.41) is 9.13.